The number of para-hydroxylation sites is 1. The quantitative estimate of drug-likeness (QED) is 0.238. The number of ether oxygens (including phenoxy) is 2. The molecule has 3 aromatic carbocycles. The van der Waals surface area contributed by atoms with Gasteiger partial charge in [0.1, 0.15) is 22.7 Å². The molecule has 9 nitrogen and oxygen atoms in total. The van der Waals surface area contributed by atoms with Gasteiger partial charge >= 0.3 is 0 Å². The molecule has 5 rings (SSSR count). The zero-order valence-corrected chi connectivity index (χ0v) is 20.0. The second kappa shape index (κ2) is 9.59. The highest BCUT2D eigenvalue weighted by atomic mass is 32.2. The van der Waals surface area contributed by atoms with Gasteiger partial charge in [0, 0.05) is 22.4 Å². The summed E-state index contributed by atoms with van der Waals surface area (Å²) in [5.74, 6) is 7.78. The van der Waals surface area contributed by atoms with Gasteiger partial charge in [-0.15, -0.1) is 10.2 Å². The minimum atomic E-state index is -0.244. The molecule has 1 amide bonds. The number of anilines is 1. The number of nitrogens with one attached hydrogen (secondary N) is 1. The highest BCUT2D eigenvalue weighted by Crippen LogP contribution is 2.36. The van der Waals surface area contributed by atoms with Crippen molar-refractivity contribution in [1.82, 2.24) is 14.9 Å². The van der Waals surface area contributed by atoms with E-state index in [-0.39, 0.29) is 11.7 Å². The molecule has 0 atom stereocenters. The Morgan fingerprint density at radius 2 is 1.94 bits per heavy atom. The van der Waals surface area contributed by atoms with Crippen LogP contribution in [-0.4, -0.2) is 40.3 Å². The third-order valence-electron chi connectivity index (χ3n) is 5.37. The predicted molar refractivity (Wildman–Crippen MR) is 136 cm³/mol. The van der Waals surface area contributed by atoms with Crippen molar-refractivity contribution in [3.05, 3.63) is 60.7 Å². The summed E-state index contributed by atoms with van der Waals surface area (Å²) < 4.78 is 18.3. The van der Waals surface area contributed by atoms with Crippen molar-refractivity contribution in [2.24, 2.45) is 0 Å². The van der Waals surface area contributed by atoms with Crippen LogP contribution in [0.3, 0.4) is 0 Å². The largest absolute Gasteiger partial charge is 0.495 e. The lowest BCUT2D eigenvalue weighted by molar-refractivity contribution is -0.113. The summed E-state index contributed by atoms with van der Waals surface area (Å²) in [6.07, 6.45) is 0. The van der Waals surface area contributed by atoms with Gasteiger partial charge in [-0.1, -0.05) is 42.1 Å². The molecule has 0 aliphatic carbocycles. The van der Waals surface area contributed by atoms with Crippen LogP contribution in [-0.2, 0) is 4.79 Å². The van der Waals surface area contributed by atoms with Gasteiger partial charge in [0.15, 0.2) is 5.82 Å². The van der Waals surface area contributed by atoms with Crippen molar-refractivity contribution >= 4 is 45.3 Å². The monoisotopic (exact) mass is 489 g/mol. The number of hydrogen-bond donors (Lipinski definition) is 2. The SMILES string of the molecule is CCOc1cccc(-c2nnc(SCC(=O)Nc3cc4oc5ccccc5c4cc3OC)n2N)c1. The number of furan rings is 1. The van der Waals surface area contributed by atoms with Crippen molar-refractivity contribution in [2.45, 2.75) is 12.1 Å². The summed E-state index contributed by atoms with van der Waals surface area (Å²) >= 11 is 1.18. The van der Waals surface area contributed by atoms with Gasteiger partial charge in [0.25, 0.3) is 0 Å². The van der Waals surface area contributed by atoms with Crippen molar-refractivity contribution in [2.75, 3.05) is 30.6 Å². The average Bonchev–Trinajstić information content (AvgIpc) is 3.42. The maximum absolute atomic E-state index is 12.7. The van der Waals surface area contributed by atoms with Crippen LogP contribution in [0.4, 0.5) is 5.69 Å². The fourth-order valence-corrected chi connectivity index (χ4v) is 4.45. The number of amides is 1. The van der Waals surface area contributed by atoms with Crippen LogP contribution >= 0.6 is 11.8 Å². The number of nitrogen functional groups attached to an aromatic ring is 1. The molecule has 0 bridgehead atoms. The van der Waals surface area contributed by atoms with E-state index in [2.05, 4.69) is 15.5 Å². The molecule has 0 spiro atoms. The Labute approximate surface area is 205 Å². The summed E-state index contributed by atoms with van der Waals surface area (Å²) in [4.78, 5) is 12.7. The second-order valence-corrected chi connectivity index (χ2v) is 8.56. The molecule has 0 fully saturated rings. The molecule has 0 unspecified atom stereocenters. The molecule has 3 N–H and O–H groups in total. The lowest BCUT2D eigenvalue weighted by atomic mass is 10.1. The Hall–Kier alpha value is -4.18. The summed E-state index contributed by atoms with van der Waals surface area (Å²) in [6, 6.07) is 18.8. The number of carbonyl (C=O) groups is 1. The van der Waals surface area contributed by atoms with E-state index in [9.17, 15) is 4.79 Å². The molecular weight excluding hydrogens is 466 g/mol. The number of rotatable bonds is 8. The number of benzene rings is 3. The Balaban J connectivity index is 1.31. The number of carbonyl (C=O) groups excluding carboxylic acids is 1. The van der Waals surface area contributed by atoms with Crippen molar-refractivity contribution < 1.29 is 18.7 Å². The average molecular weight is 490 g/mol. The summed E-state index contributed by atoms with van der Waals surface area (Å²) in [5.41, 5.74) is 2.72. The molecule has 5 aromatic rings. The van der Waals surface area contributed by atoms with E-state index in [1.165, 1.54) is 16.4 Å². The first-order chi connectivity index (χ1) is 17.1. The standard InChI is InChI=1S/C25H23N5O4S/c1-3-33-16-8-6-7-15(11-16)24-28-29-25(30(24)26)35-14-23(31)27-19-13-21-18(12-22(19)32-2)17-9-4-5-10-20(17)34-21/h4-13H,3,14,26H2,1-2H3,(H,27,31). The van der Waals surface area contributed by atoms with E-state index in [1.54, 1.807) is 13.2 Å². The van der Waals surface area contributed by atoms with Crippen LogP contribution in [0.2, 0.25) is 0 Å². The number of fused-ring (bicyclic) bond motifs is 3. The van der Waals surface area contributed by atoms with E-state index < -0.39 is 0 Å². The summed E-state index contributed by atoms with van der Waals surface area (Å²) in [5, 5.41) is 13.5. The predicted octanol–water partition coefficient (Wildman–Crippen LogP) is 4.70. The van der Waals surface area contributed by atoms with Crippen LogP contribution in [0.25, 0.3) is 33.3 Å². The first-order valence-electron chi connectivity index (χ1n) is 10.9. The molecule has 0 radical (unpaired) electrons. The molecule has 2 heterocycles. The number of aromatic nitrogens is 3. The van der Waals surface area contributed by atoms with Gasteiger partial charge in [0.05, 0.1) is 25.2 Å². The van der Waals surface area contributed by atoms with E-state index in [1.807, 2.05) is 61.5 Å². The number of nitrogens with zero attached hydrogens (tertiary/aromatic N) is 3. The number of hydrogen-bond acceptors (Lipinski definition) is 8. The smallest absolute Gasteiger partial charge is 0.234 e. The maximum atomic E-state index is 12.7. The molecule has 10 heteroatoms. The third kappa shape index (κ3) is 4.47. The van der Waals surface area contributed by atoms with Gasteiger partial charge in [-0.25, -0.2) is 4.68 Å². The molecule has 0 aliphatic heterocycles. The van der Waals surface area contributed by atoms with Crippen molar-refractivity contribution in [3.63, 3.8) is 0 Å². The van der Waals surface area contributed by atoms with Gasteiger partial charge < -0.3 is 25.1 Å². The normalized spacial score (nSPS) is 11.1. The molecule has 178 valence electrons. The molecule has 0 aliphatic rings. The second-order valence-electron chi connectivity index (χ2n) is 7.62. The van der Waals surface area contributed by atoms with Crippen LogP contribution in [0, 0.1) is 0 Å². The fraction of sp³-hybridized carbons (Fsp3) is 0.160. The fourth-order valence-electron chi connectivity index (χ4n) is 3.80. The highest BCUT2D eigenvalue weighted by molar-refractivity contribution is 7.99. The number of thioether (sulfide) groups is 1. The molecule has 35 heavy (non-hydrogen) atoms. The summed E-state index contributed by atoms with van der Waals surface area (Å²) in [7, 11) is 1.56. The van der Waals surface area contributed by atoms with Crippen LogP contribution in [0.1, 0.15) is 6.92 Å². The van der Waals surface area contributed by atoms with E-state index >= 15 is 0 Å². The van der Waals surface area contributed by atoms with Gasteiger partial charge in [0.2, 0.25) is 11.1 Å². The molecular formula is C25H23N5O4S. The first kappa shape index (κ1) is 22.6. The Morgan fingerprint density at radius 1 is 1.09 bits per heavy atom. The zero-order chi connectivity index (χ0) is 24.4. The van der Waals surface area contributed by atoms with Crippen molar-refractivity contribution in [1.29, 1.82) is 0 Å². The summed E-state index contributed by atoms with van der Waals surface area (Å²) in [6.45, 7) is 2.48. The van der Waals surface area contributed by atoms with Crippen molar-refractivity contribution in [3.8, 4) is 22.9 Å². The number of nitrogens with two attached hydrogens (primary N) is 1. The lowest BCUT2D eigenvalue weighted by Crippen LogP contribution is -2.17. The molecule has 0 saturated carbocycles. The van der Waals surface area contributed by atoms with E-state index in [0.29, 0.717) is 34.6 Å². The van der Waals surface area contributed by atoms with Crippen LogP contribution in [0.15, 0.2) is 70.2 Å². The van der Waals surface area contributed by atoms with Gasteiger partial charge in [-0.05, 0) is 31.2 Å². The lowest BCUT2D eigenvalue weighted by Gasteiger charge is -2.10. The minimum Gasteiger partial charge on any atom is -0.495 e. The Morgan fingerprint density at radius 3 is 2.77 bits per heavy atom. The van der Waals surface area contributed by atoms with E-state index in [0.717, 1.165) is 27.7 Å². The van der Waals surface area contributed by atoms with Gasteiger partial charge in [-0.3, -0.25) is 4.79 Å². The molecule has 2 aromatic heterocycles. The topological polar surface area (TPSA) is 117 Å². The number of methoxy groups -OCH3 is 1. The Kier molecular flexibility index (Phi) is 6.19. The third-order valence-corrected chi connectivity index (χ3v) is 6.32. The highest BCUT2D eigenvalue weighted by Gasteiger charge is 2.17. The minimum absolute atomic E-state index is 0.0790. The van der Waals surface area contributed by atoms with Gasteiger partial charge in [-0.2, -0.15) is 0 Å². The van der Waals surface area contributed by atoms with Crippen LogP contribution in [0.5, 0.6) is 11.5 Å². The zero-order valence-electron chi connectivity index (χ0n) is 19.1. The maximum Gasteiger partial charge on any atom is 0.234 e. The van der Waals surface area contributed by atoms with Crippen LogP contribution < -0.4 is 20.6 Å². The van der Waals surface area contributed by atoms with E-state index in [4.69, 9.17) is 19.7 Å². The first-order valence-corrected chi connectivity index (χ1v) is 11.9. The molecule has 0 saturated heterocycles. The Bertz CT molecular complexity index is 1530.